The molecule has 148 valence electrons. The average Bonchev–Trinajstić information content (AvgIpc) is 2.97. The lowest BCUT2D eigenvalue weighted by Crippen LogP contribution is -2.18. The molecule has 0 aromatic rings. The van der Waals surface area contributed by atoms with E-state index < -0.39 is 12.1 Å². The van der Waals surface area contributed by atoms with Crippen LogP contribution in [0.5, 0.6) is 0 Å². The van der Waals surface area contributed by atoms with Crippen molar-refractivity contribution in [3.05, 3.63) is 24.3 Å². The zero-order valence-electron chi connectivity index (χ0n) is 16.4. The zero-order chi connectivity index (χ0) is 19.4. The van der Waals surface area contributed by atoms with Gasteiger partial charge in [0.1, 0.15) is 5.78 Å². The first-order valence-corrected chi connectivity index (χ1v) is 10.2. The predicted octanol–water partition coefficient (Wildman–Crippen LogP) is 4.92. The smallest absolute Gasteiger partial charge is 0.332 e. The highest BCUT2D eigenvalue weighted by Crippen LogP contribution is 2.33. The van der Waals surface area contributed by atoms with Crippen LogP contribution in [0.25, 0.3) is 0 Å². The minimum absolute atomic E-state index is 0.0580. The molecule has 1 aliphatic rings. The first-order chi connectivity index (χ1) is 12.5. The van der Waals surface area contributed by atoms with E-state index in [9.17, 15) is 14.7 Å². The molecule has 0 radical (unpaired) electrons. The van der Waals surface area contributed by atoms with Gasteiger partial charge in [-0.1, -0.05) is 63.8 Å². The van der Waals surface area contributed by atoms with Gasteiger partial charge in [0, 0.05) is 12.3 Å². The van der Waals surface area contributed by atoms with Gasteiger partial charge in [-0.05, 0) is 43.9 Å². The van der Waals surface area contributed by atoms with E-state index in [0.29, 0.717) is 31.0 Å². The molecule has 0 saturated heterocycles. The van der Waals surface area contributed by atoms with Gasteiger partial charge in [0.2, 0.25) is 0 Å². The summed E-state index contributed by atoms with van der Waals surface area (Å²) < 4.78 is 0. The lowest BCUT2D eigenvalue weighted by Gasteiger charge is -2.14. The first-order valence-electron chi connectivity index (χ1n) is 10.2. The molecule has 0 aliphatic heterocycles. The van der Waals surface area contributed by atoms with Crippen LogP contribution in [0.1, 0.15) is 78.1 Å². The van der Waals surface area contributed by atoms with E-state index in [1.54, 1.807) is 0 Å². The second kappa shape index (κ2) is 12.9. The number of hydrogen-bond acceptors (Lipinski definition) is 3. The molecule has 4 nitrogen and oxygen atoms in total. The molecule has 1 fully saturated rings. The molecular formula is C22H36O4. The molecule has 0 spiro atoms. The second-order valence-electron chi connectivity index (χ2n) is 7.49. The number of hydrogen-bond donors (Lipinski definition) is 2. The molecule has 0 bridgehead atoms. The Labute approximate surface area is 158 Å². The van der Waals surface area contributed by atoms with Crippen LogP contribution in [0.3, 0.4) is 0 Å². The van der Waals surface area contributed by atoms with Crippen LogP contribution in [-0.4, -0.2) is 28.1 Å². The number of aliphatic carboxylic acids is 1. The Morgan fingerprint density at radius 1 is 1.23 bits per heavy atom. The number of carboxylic acids is 1. The van der Waals surface area contributed by atoms with Crippen molar-refractivity contribution in [2.45, 2.75) is 84.2 Å². The summed E-state index contributed by atoms with van der Waals surface area (Å²) in [6, 6.07) is 0. The van der Waals surface area contributed by atoms with Gasteiger partial charge in [0.25, 0.3) is 0 Å². The third-order valence-electron chi connectivity index (χ3n) is 5.50. The normalized spacial score (nSPS) is 23.1. The van der Waals surface area contributed by atoms with Gasteiger partial charge in [-0.25, -0.2) is 4.79 Å². The maximum atomic E-state index is 12.2. The maximum Gasteiger partial charge on any atom is 0.332 e. The van der Waals surface area contributed by atoms with Crippen molar-refractivity contribution < 1.29 is 19.8 Å². The number of Topliss-reactive ketones (excluding diaryl/α,β-unsaturated/α-hetero) is 1. The van der Waals surface area contributed by atoms with Crippen LogP contribution in [0.15, 0.2) is 24.3 Å². The molecule has 26 heavy (non-hydrogen) atoms. The quantitative estimate of drug-likeness (QED) is 0.455. The SMILES string of the molecule is CCCCC(CC)CC=C[C@H]1CCC(=O)[C@@H]1CC=CCCC(O)C(=O)O. The van der Waals surface area contributed by atoms with Crippen molar-refractivity contribution in [1.82, 2.24) is 0 Å². The number of carboxylic acid groups (broad SMARTS) is 1. The number of allylic oxidation sites excluding steroid dienone is 4. The zero-order valence-corrected chi connectivity index (χ0v) is 16.4. The number of carbonyl (C=O) groups is 2. The largest absolute Gasteiger partial charge is 0.479 e. The lowest BCUT2D eigenvalue weighted by atomic mass is 9.90. The Kier molecular flexibility index (Phi) is 11.2. The highest BCUT2D eigenvalue weighted by Gasteiger charge is 2.31. The van der Waals surface area contributed by atoms with Gasteiger partial charge >= 0.3 is 5.97 Å². The molecule has 2 N–H and O–H groups in total. The third-order valence-corrected chi connectivity index (χ3v) is 5.50. The van der Waals surface area contributed by atoms with Crippen LogP contribution in [-0.2, 0) is 9.59 Å². The van der Waals surface area contributed by atoms with Crippen molar-refractivity contribution in [1.29, 1.82) is 0 Å². The molecule has 0 amide bonds. The summed E-state index contributed by atoms with van der Waals surface area (Å²) in [5.41, 5.74) is 0. The first kappa shape index (κ1) is 22.6. The molecule has 1 aliphatic carbocycles. The summed E-state index contributed by atoms with van der Waals surface area (Å²) >= 11 is 0. The van der Waals surface area contributed by atoms with E-state index in [1.165, 1.54) is 25.7 Å². The van der Waals surface area contributed by atoms with Crippen LogP contribution in [0.2, 0.25) is 0 Å². The molecule has 0 aromatic heterocycles. The van der Waals surface area contributed by atoms with Gasteiger partial charge in [0.05, 0.1) is 0 Å². The molecule has 2 unspecified atom stereocenters. The molecule has 0 aromatic carbocycles. The van der Waals surface area contributed by atoms with E-state index in [0.717, 1.165) is 18.8 Å². The molecule has 1 saturated carbocycles. The van der Waals surface area contributed by atoms with Gasteiger partial charge in [-0.2, -0.15) is 0 Å². The third kappa shape index (κ3) is 8.31. The van der Waals surface area contributed by atoms with Crippen LogP contribution in [0.4, 0.5) is 0 Å². The van der Waals surface area contributed by atoms with E-state index >= 15 is 0 Å². The Hall–Kier alpha value is -1.42. The fourth-order valence-corrected chi connectivity index (χ4v) is 3.64. The lowest BCUT2D eigenvalue weighted by molar-refractivity contribution is -0.146. The Morgan fingerprint density at radius 2 is 2.00 bits per heavy atom. The summed E-state index contributed by atoms with van der Waals surface area (Å²) in [4.78, 5) is 22.7. The van der Waals surface area contributed by atoms with Gasteiger partial charge < -0.3 is 10.2 Å². The number of aliphatic hydroxyl groups excluding tert-OH is 1. The van der Waals surface area contributed by atoms with Crippen molar-refractivity contribution >= 4 is 11.8 Å². The van der Waals surface area contributed by atoms with E-state index in [1.807, 2.05) is 12.2 Å². The summed E-state index contributed by atoms with van der Waals surface area (Å²) in [5.74, 6) is 0.303. The minimum atomic E-state index is -1.30. The van der Waals surface area contributed by atoms with E-state index in [-0.39, 0.29) is 12.3 Å². The van der Waals surface area contributed by atoms with Crippen molar-refractivity contribution in [3.8, 4) is 0 Å². The predicted molar refractivity (Wildman–Crippen MR) is 105 cm³/mol. The average molecular weight is 365 g/mol. The van der Waals surface area contributed by atoms with Crippen molar-refractivity contribution in [3.63, 3.8) is 0 Å². The summed E-state index contributed by atoms with van der Waals surface area (Å²) in [5, 5.41) is 17.9. The summed E-state index contributed by atoms with van der Waals surface area (Å²) in [6.45, 7) is 4.48. The maximum absolute atomic E-state index is 12.2. The highest BCUT2D eigenvalue weighted by atomic mass is 16.4. The minimum Gasteiger partial charge on any atom is -0.479 e. The van der Waals surface area contributed by atoms with Gasteiger partial charge in [0.15, 0.2) is 6.10 Å². The topological polar surface area (TPSA) is 74.6 Å². The van der Waals surface area contributed by atoms with E-state index in [2.05, 4.69) is 26.0 Å². The Balaban J connectivity index is 2.42. The van der Waals surface area contributed by atoms with Crippen LogP contribution >= 0.6 is 0 Å². The Morgan fingerprint density at radius 3 is 2.65 bits per heavy atom. The highest BCUT2D eigenvalue weighted by molar-refractivity contribution is 5.83. The number of unbranched alkanes of at least 4 members (excludes halogenated alkanes) is 1. The molecule has 4 heteroatoms. The second-order valence-corrected chi connectivity index (χ2v) is 7.49. The molecule has 4 atom stereocenters. The number of rotatable bonds is 13. The summed E-state index contributed by atoms with van der Waals surface area (Å²) in [7, 11) is 0. The number of aliphatic hydroxyl groups is 1. The fraction of sp³-hybridized carbons (Fsp3) is 0.727. The van der Waals surface area contributed by atoms with Crippen LogP contribution < -0.4 is 0 Å². The van der Waals surface area contributed by atoms with Crippen molar-refractivity contribution in [2.75, 3.05) is 0 Å². The number of ketones is 1. The summed E-state index contributed by atoms with van der Waals surface area (Å²) in [6.07, 6.45) is 16.3. The van der Waals surface area contributed by atoms with Crippen LogP contribution in [0, 0.1) is 17.8 Å². The van der Waals surface area contributed by atoms with E-state index in [4.69, 9.17) is 5.11 Å². The van der Waals surface area contributed by atoms with Gasteiger partial charge in [-0.3, -0.25) is 4.79 Å². The number of carbonyl (C=O) groups excluding carboxylic acids is 1. The fourth-order valence-electron chi connectivity index (χ4n) is 3.64. The molecule has 0 heterocycles. The molecular weight excluding hydrogens is 328 g/mol. The monoisotopic (exact) mass is 364 g/mol. The van der Waals surface area contributed by atoms with Gasteiger partial charge in [-0.15, -0.1) is 0 Å². The molecule has 1 rings (SSSR count). The van der Waals surface area contributed by atoms with Crippen molar-refractivity contribution in [2.24, 2.45) is 17.8 Å². The Bertz CT molecular complexity index is 481. The standard InChI is InChI=1S/C22H36O4/c1-3-5-10-17(4-2)11-9-12-18-15-16-20(23)19(18)13-7-6-8-14-21(24)22(25)26/h6-7,9,12,17-19,21,24H,3-5,8,10-11,13-16H2,1-2H3,(H,25,26)/t17?,18-,19+,21?/m0/s1.